The van der Waals surface area contributed by atoms with Crippen molar-refractivity contribution in [2.75, 3.05) is 5.75 Å². The first-order valence-corrected chi connectivity index (χ1v) is 8.34. The smallest absolute Gasteiger partial charge is 0.237 e. The summed E-state index contributed by atoms with van der Waals surface area (Å²) < 4.78 is 0. The Morgan fingerprint density at radius 2 is 2.15 bits per heavy atom. The van der Waals surface area contributed by atoms with Gasteiger partial charge in [-0.3, -0.25) is 4.79 Å². The van der Waals surface area contributed by atoms with E-state index in [0.29, 0.717) is 16.5 Å². The van der Waals surface area contributed by atoms with Crippen LogP contribution in [0.5, 0.6) is 0 Å². The van der Waals surface area contributed by atoms with Gasteiger partial charge < -0.3 is 11.5 Å². The molecular formula is C14H18Cl2N2OS. The summed E-state index contributed by atoms with van der Waals surface area (Å²) in [5.41, 5.74) is 10.8. The van der Waals surface area contributed by atoms with E-state index in [9.17, 15) is 4.79 Å². The number of rotatable bonds is 5. The molecule has 1 aliphatic rings. The number of hydrogen-bond acceptors (Lipinski definition) is 3. The van der Waals surface area contributed by atoms with Gasteiger partial charge in [0.25, 0.3) is 0 Å². The number of halogens is 2. The van der Waals surface area contributed by atoms with E-state index >= 15 is 0 Å². The van der Waals surface area contributed by atoms with E-state index in [1.54, 1.807) is 17.8 Å². The molecule has 1 saturated carbocycles. The second kappa shape index (κ2) is 6.56. The number of thioether (sulfide) groups is 1. The Morgan fingerprint density at radius 3 is 2.80 bits per heavy atom. The molecule has 1 aromatic carbocycles. The summed E-state index contributed by atoms with van der Waals surface area (Å²) in [6.07, 6.45) is 3.53. The second-order valence-corrected chi connectivity index (χ2v) is 7.19. The summed E-state index contributed by atoms with van der Waals surface area (Å²) in [5, 5.41) is 1.12. The van der Waals surface area contributed by atoms with Crippen molar-refractivity contribution in [2.24, 2.45) is 17.4 Å². The first-order chi connectivity index (χ1) is 9.43. The van der Waals surface area contributed by atoms with Crippen LogP contribution in [0.15, 0.2) is 23.1 Å². The Kier molecular flexibility index (Phi) is 5.24. The highest BCUT2D eigenvalue weighted by atomic mass is 35.5. The molecule has 1 fully saturated rings. The van der Waals surface area contributed by atoms with Crippen LogP contribution in [-0.4, -0.2) is 17.2 Å². The quantitative estimate of drug-likeness (QED) is 0.811. The number of nitrogens with two attached hydrogens (primary N) is 2. The molecule has 1 amide bonds. The van der Waals surface area contributed by atoms with Crippen molar-refractivity contribution in [2.45, 2.75) is 36.1 Å². The molecule has 20 heavy (non-hydrogen) atoms. The number of hydrogen-bond donors (Lipinski definition) is 2. The van der Waals surface area contributed by atoms with Gasteiger partial charge in [-0.1, -0.05) is 29.6 Å². The minimum absolute atomic E-state index is 0.176. The van der Waals surface area contributed by atoms with Crippen molar-refractivity contribution in [3.8, 4) is 0 Å². The van der Waals surface area contributed by atoms with Gasteiger partial charge in [-0.15, -0.1) is 11.8 Å². The van der Waals surface area contributed by atoms with Crippen LogP contribution in [0.25, 0.3) is 0 Å². The maximum atomic E-state index is 11.5. The maximum absolute atomic E-state index is 11.5. The molecule has 0 aromatic heterocycles. The minimum atomic E-state index is -0.821. The molecule has 1 aliphatic carbocycles. The lowest BCUT2D eigenvalue weighted by molar-refractivity contribution is -0.124. The molecule has 0 bridgehead atoms. The first kappa shape index (κ1) is 16.0. The zero-order valence-electron chi connectivity index (χ0n) is 11.1. The first-order valence-electron chi connectivity index (χ1n) is 6.60. The molecule has 0 spiro atoms. The van der Waals surface area contributed by atoms with Gasteiger partial charge in [-0.25, -0.2) is 0 Å². The van der Waals surface area contributed by atoms with Crippen LogP contribution in [-0.2, 0) is 4.79 Å². The predicted octanol–water partition coefficient (Wildman–Crippen LogP) is 3.46. The molecule has 2 unspecified atom stereocenters. The fraction of sp³-hybridized carbons (Fsp3) is 0.500. The summed E-state index contributed by atoms with van der Waals surface area (Å²) in [6.45, 7) is 0. The number of amides is 1. The van der Waals surface area contributed by atoms with Crippen molar-refractivity contribution >= 4 is 40.9 Å². The lowest BCUT2D eigenvalue weighted by Crippen LogP contribution is -2.54. The number of carbonyl (C=O) groups excluding carboxylic acids is 1. The third-order valence-electron chi connectivity index (χ3n) is 3.96. The Balaban J connectivity index is 1.89. The predicted molar refractivity (Wildman–Crippen MR) is 85.3 cm³/mol. The highest BCUT2D eigenvalue weighted by Gasteiger charge is 2.43. The zero-order chi connectivity index (χ0) is 14.8. The average molecular weight is 333 g/mol. The van der Waals surface area contributed by atoms with Gasteiger partial charge in [-0.2, -0.15) is 0 Å². The number of carbonyl (C=O) groups is 1. The molecule has 4 N–H and O–H groups in total. The van der Waals surface area contributed by atoms with Crippen LogP contribution in [0.4, 0.5) is 0 Å². The summed E-state index contributed by atoms with van der Waals surface area (Å²) in [5.74, 6) is 0.685. The van der Waals surface area contributed by atoms with Gasteiger partial charge in [0.2, 0.25) is 5.91 Å². The number of primary amides is 1. The van der Waals surface area contributed by atoms with Crippen LogP contribution in [0.1, 0.15) is 25.7 Å². The Labute approximate surface area is 133 Å². The normalized spacial score (nSPS) is 25.9. The van der Waals surface area contributed by atoms with Gasteiger partial charge in [-0.05, 0) is 49.1 Å². The highest BCUT2D eigenvalue weighted by Crippen LogP contribution is 2.37. The SMILES string of the molecule is NC(=O)C1(N)CCCC1CCSc1ccc(Cl)c(Cl)c1. The van der Waals surface area contributed by atoms with Gasteiger partial charge >= 0.3 is 0 Å². The summed E-state index contributed by atoms with van der Waals surface area (Å²) in [4.78, 5) is 12.6. The monoisotopic (exact) mass is 332 g/mol. The maximum Gasteiger partial charge on any atom is 0.237 e. The van der Waals surface area contributed by atoms with Crippen molar-refractivity contribution in [1.82, 2.24) is 0 Å². The summed E-state index contributed by atoms with van der Waals surface area (Å²) in [6, 6.07) is 5.59. The summed E-state index contributed by atoms with van der Waals surface area (Å²) in [7, 11) is 0. The molecule has 0 radical (unpaired) electrons. The van der Waals surface area contributed by atoms with Crippen LogP contribution in [0.2, 0.25) is 10.0 Å². The van der Waals surface area contributed by atoms with E-state index in [-0.39, 0.29) is 11.8 Å². The fourth-order valence-corrected chi connectivity index (χ4v) is 4.08. The summed E-state index contributed by atoms with van der Waals surface area (Å²) >= 11 is 13.6. The van der Waals surface area contributed by atoms with Crippen LogP contribution >= 0.6 is 35.0 Å². The molecule has 6 heteroatoms. The molecule has 1 aromatic rings. The minimum Gasteiger partial charge on any atom is -0.368 e. The lowest BCUT2D eigenvalue weighted by Gasteiger charge is -2.27. The van der Waals surface area contributed by atoms with E-state index in [1.807, 2.05) is 12.1 Å². The Bertz CT molecular complexity index is 512. The molecule has 0 heterocycles. The molecule has 0 saturated heterocycles. The van der Waals surface area contributed by atoms with Crippen molar-refractivity contribution in [1.29, 1.82) is 0 Å². The number of benzene rings is 1. The fourth-order valence-electron chi connectivity index (χ4n) is 2.71. The lowest BCUT2D eigenvalue weighted by atomic mass is 9.85. The van der Waals surface area contributed by atoms with Gasteiger partial charge in [0.15, 0.2) is 0 Å². The largest absolute Gasteiger partial charge is 0.368 e. The molecular weight excluding hydrogens is 315 g/mol. The van der Waals surface area contributed by atoms with Crippen LogP contribution in [0.3, 0.4) is 0 Å². The van der Waals surface area contributed by atoms with Gasteiger partial charge in [0.1, 0.15) is 0 Å². The van der Waals surface area contributed by atoms with E-state index in [2.05, 4.69) is 0 Å². The third kappa shape index (κ3) is 3.42. The topological polar surface area (TPSA) is 69.1 Å². The van der Waals surface area contributed by atoms with Crippen molar-refractivity contribution in [3.05, 3.63) is 28.2 Å². The van der Waals surface area contributed by atoms with Gasteiger partial charge in [0.05, 0.1) is 15.6 Å². The zero-order valence-corrected chi connectivity index (χ0v) is 13.4. The highest BCUT2D eigenvalue weighted by molar-refractivity contribution is 7.99. The molecule has 110 valence electrons. The van der Waals surface area contributed by atoms with Crippen molar-refractivity contribution in [3.63, 3.8) is 0 Å². The third-order valence-corrected chi connectivity index (χ3v) is 5.72. The molecule has 0 aliphatic heterocycles. The standard InChI is InChI=1S/C14H18Cl2N2OS/c15-11-4-3-10(8-12(11)16)20-7-5-9-2-1-6-14(9,18)13(17)19/h3-4,8-9H,1-2,5-7,18H2,(H2,17,19). The van der Waals surface area contributed by atoms with Crippen molar-refractivity contribution < 1.29 is 4.79 Å². The van der Waals surface area contributed by atoms with E-state index in [0.717, 1.165) is 29.9 Å². The van der Waals surface area contributed by atoms with Gasteiger partial charge in [0, 0.05) is 4.90 Å². The molecule has 3 nitrogen and oxygen atoms in total. The van der Waals surface area contributed by atoms with E-state index < -0.39 is 5.54 Å². The van der Waals surface area contributed by atoms with Crippen LogP contribution < -0.4 is 11.5 Å². The Hall–Kier alpha value is -0.420. The average Bonchev–Trinajstić information content (AvgIpc) is 2.77. The van der Waals surface area contributed by atoms with Crippen LogP contribution in [0, 0.1) is 5.92 Å². The molecule has 2 rings (SSSR count). The Morgan fingerprint density at radius 1 is 1.40 bits per heavy atom. The molecule has 2 atom stereocenters. The second-order valence-electron chi connectivity index (χ2n) is 5.21. The van der Waals surface area contributed by atoms with E-state index in [1.165, 1.54) is 0 Å². The van der Waals surface area contributed by atoms with E-state index in [4.69, 9.17) is 34.7 Å².